The number of alkyl halides is 3. The Balaban J connectivity index is 1.82. The third-order valence-corrected chi connectivity index (χ3v) is 5.16. The highest BCUT2D eigenvalue weighted by atomic mass is 19.4. The summed E-state index contributed by atoms with van der Waals surface area (Å²) in [5.74, 6) is 0. The molecule has 0 aliphatic rings. The molecule has 0 bridgehead atoms. The minimum atomic E-state index is -4.75. The molecule has 3 heterocycles. The third kappa shape index (κ3) is 4.52. The molecular formula is C22H17F3N4O6. The first-order valence-electron chi connectivity index (χ1n) is 10.2. The van der Waals surface area contributed by atoms with Crippen molar-refractivity contribution in [2.24, 2.45) is 7.05 Å². The molecule has 1 amide bonds. The Kier molecular flexibility index (Phi) is 5.92. The Morgan fingerprint density at radius 2 is 1.83 bits per heavy atom. The van der Waals surface area contributed by atoms with Crippen molar-refractivity contribution in [3.8, 4) is 0 Å². The van der Waals surface area contributed by atoms with E-state index in [-0.39, 0.29) is 35.4 Å². The molecule has 1 aromatic carbocycles. The summed E-state index contributed by atoms with van der Waals surface area (Å²) >= 11 is 0. The summed E-state index contributed by atoms with van der Waals surface area (Å²) < 4.78 is 50.7. The Labute approximate surface area is 193 Å². The average molecular weight is 490 g/mol. The molecule has 0 saturated heterocycles. The van der Waals surface area contributed by atoms with Crippen molar-refractivity contribution < 1.29 is 27.1 Å². The van der Waals surface area contributed by atoms with Gasteiger partial charge in [-0.15, -0.1) is 0 Å². The number of rotatable bonds is 4. The van der Waals surface area contributed by atoms with Crippen molar-refractivity contribution in [2.75, 3.05) is 11.9 Å². The smallest absolute Gasteiger partial charge is 0.433 e. The van der Waals surface area contributed by atoms with Gasteiger partial charge in [0.2, 0.25) is 0 Å². The normalized spacial score (nSPS) is 11.7. The van der Waals surface area contributed by atoms with Crippen LogP contribution in [0.5, 0.6) is 0 Å². The van der Waals surface area contributed by atoms with E-state index in [1.54, 1.807) is 6.92 Å². The van der Waals surface area contributed by atoms with Gasteiger partial charge in [0.05, 0.1) is 18.5 Å². The summed E-state index contributed by atoms with van der Waals surface area (Å²) in [5.41, 5.74) is -3.62. The fourth-order valence-corrected chi connectivity index (χ4v) is 3.57. The first kappa shape index (κ1) is 23.7. The molecule has 182 valence electrons. The molecule has 4 rings (SSSR count). The van der Waals surface area contributed by atoms with E-state index in [0.717, 1.165) is 21.3 Å². The minimum absolute atomic E-state index is 0.0731. The summed E-state index contributed by atoms with van der Waals surface area (Å²) in [6, 6.07) is 7.11. The summed E-state index contributed by atoms with van der Waals surface area (Å²) in [5, 5.41) is 2.64. The van der Waals surface area contributed by atoms with E-state index in [0.29, 0.717) is 11.5 Å². The zero-order chi connectivity index (χ0) is 25.5. The number of aryl methyl sites for hydroxylation is 1. The Morgan fingerprint density at radius 1 is 1.11 bits per heavy atom. The van der Waals surface area contributed by atoms with Gasteiger partial charge in [0.25, 0.3) is 5.56 Å². The van der Waals surface area contributed by atoms with Gasteiger partial charge in [-0.2, -0.15) is 13.2 Å². The summed E-state index contributed by atoms with van der Waals surface area (Å²) in [6.45, 7) is 1.42. The zero-order valence-corrected chi connectivity index (χ0v) is 18.3. The van der Waals surface area contributed by atoms with Crippen LogP contribution in [-0.2, 0) is 24.5 Å². The Bertz CT molecular complexity index is 1650. The molecule has 0 radical (unpaired) electrons. The first-order chi connectivity index (χ1) is 16.5. The van der Waals surface area contributed by atoms with Crippen molar-refractivity contribution in [2.45, 2.75) is 19.6 Å². The van der Waals surface area contributed by atoms with Gasteiger partial charge >= 0.3 is 23.6 Å². The predicted octanol–water partition coefficient (Wildman–Crippen LogP) is 2.84. The number of aromatic nitrogens is 3. The maximum Gasteiger partial charge on any atom is 0.433 e. The number of halogens is 3. The highest BCUT2D eigenvalue weighted by molar-refractivity contribution is 5.90. The van der Waals surface area contributed by atoms with Crippen LogP contribution < -0.4 is 22.2 Å². The molecular weight excluding hydrogens is 473 g/mol. The number of benzene rings is 1. The topological polar surface area (TPSA) is 125 Å². The van der Waals surface area contributed by atoms with Gasteiger partial charge in [0.1, 0.15) is 16.9 Å². The highest BCUT2D eigenvalue weighted by Crippen LogP contribution is 2.28. The lowest BCUT2D eigenvalue weighted by Gasteiger charge is -2.13. The van der Waals surface area contributed by atoms with Crippen LogP contribution in [0.4, 0.5) is 23.7 Å². The van der Waals surface area contributed by atoms with Gasteiger partial charge < -0.3 is 9.15 Å². The number of fused-ring (bicyclic) bond motifs is 2. The highest BCUT2D eigenvalue weighted by Gasteiger charge is 2.33. The molecule has 0 saturated carbocycles. The monoisotopic (exact) mass is 490 g/mol. The molecule has 13 heteroatoms. The molecule has 3 aromatic heterocycles. The molecule has 0 spiro atoms. The number of carbonyl (C=O) groups is 1. The van der Waals surface area contributed by atoms with Crippen LogP contribution in [0.2, 0.25) is 0 Å². The second-order valence-corrected chi connectivity index (χ2v) is 7.45. The third-order valence-electron chi connectivity index (χ3n) is 5.16. The average Bonchev–Trinajstić information content (AvgIpc) is 2.79. The molecule has 35 heavy (non-hydrogen) atoms. The number of carbonyl (C=O) groups excluding carboxylic acids is 1. The molecule has 0 atom stereocenters. The van der Waals surface area contributed by atoms with E-state index in [1.807, 2.05) is 0 Å². The number of amides is 1. The van der Waals surface area contributed by atoms with Crippen LogP contribution in [0.25, 0.3) is 22.0 Å². The molecule has 1 N–H and O–H groups in total. The second-order valence-electron chi connectivity index (χ2n) is 7.45. The number of pyridine rings is 1. The van der Waals surface area contributed by atoms with Crippen LogP contribution in [0.3, 0.4) is 0 Å². The van der Waals surface area contributed by atoms with Gasteiger partial charge in [-0.25, -0.2) is 19.4 Å². The summed E-state index contributed by atoms with van der Waals surface area (Å²) in [4.78, 5) is 53.1. The molecule has 0 aliphatic carbocycles. The Morgan fingerprint density at radius 3 is 2.51 bits per heavy atom. The van der Waals surface area contributed by atoms with Crippen LogP contribution in [0.15, 0.2) is 55.2 Å². The van der Waals surface area contributed by atoms with E-state index in [2.05, 4.69) is 10.3 Å². The summed E-state index contributed by atoms with van der Waals surface area (Å²) in [6.07, 6.45) is -5.46. The lowest BCUT2D eigenvalue weighted by molar-refractivity contribution is -0.141. The van der Waals surface area contributed by atoms with E-state index in [9.17, 15) is 32.3 Å². The number of anilines is 1. The predicted molar refractivity (Wildman–Crippen MR) is 118 cm³/mol. The first-order valence-corrected chi connectivity index (χ1v) is 10.2. The van der Waals surface area contributed by atoms with E-state index in [1.165, 1.54) is 25.2 Å². The molecule has 10 nitrogen and oxygen atoms in total. The van der Waals surface area contributed by atoms with Crippen molar-refractivity contribution in [3.63, 3.8) is 0 Å². The molecule has 0 unspecified atom stereocenters. The quantitative estimate of drug-likeness (QED) is 0.436. The van der Waals surface area contributed by atoms with Gasteiger partial charge in [-0.05, 0) is 36.8 Å². The van der Waals surface area contributed by atoms with Crippen LogP contribution >= 0.6 is 0 Å². The zero-order valence-electron chi connectivity index (χ0n) is 18.3. The maximum absolute atomic E-state index is 13.0. The van der Waals surface area contributed by atoms with E-state index in [4.69, 9.17) is 9.15 Å². The van der Waals surface area contributed by atoms with E-state index >= 15 is 0 Å². The van der Waals surface area contributed by atoms with Gasteiger partial charge in [-0.3, -0.25) is 19.2 Å². The standard InChI is InChI=1S/C22H17F3N4O6/c1-3-34-20(32)26-12-4-5-13-11(8-17(30)35-15(13)9-12)10-29-19(31)14-6-7-16(22(23,24)25)27-18(14)28(2)21(29)33/h4-9H,3,10H2,1-2H3,(H,26,32). The van der Waals surface area contributed by atoms with Crippen LogP contribution in [-0.4, -0.2) is 26.8 Å². The van der Waals surface area contributed by atoms with Crippen molar-refractivity contribution >= 4 is 33.8 Å². The SMILES string of the molecule is CCOC(=O)Nc1ccc2c(Cn3c(=O)c4ccc(C(F)(F)F)nc4n(C)c3=O)cc(=O)oc2c1. The molecule has 4 aromatic rings. The number of ether oxygens (including phenoxy) is 1. The summed E-state index contributed by atoms with van der Waals surface area (Å²) in [7, 11) is 1.19. The van der Waals surface area contributed by atoms with Gasteiger partial charge in [-0.1, -0.05) is 0 Å². The number of hydrogen-bond donors (Lipinski definition) is 1. The second kappa shape index (κ2) is 8.74. The van der Waals surface area contributed by atoms with Gasteiger partial charge in [0, 0.05) is 30.3 Å². The fraction of sp³-hybridized carbons (Fsp3) is 0.227. The van der Waals surface area contributed by atoms with Gasteiger partial charge in [0.15, 0.2) is 0 Å². The van der Waals surface area contributed by atoms with Crippen LogP contribution in [0, 0.1) is 0 Å². The minimum Gasteiger partial charge on any atom is -0.450 e. The molecule has 0 aliphatic heterocycles. The van der Waals surface area contributed by atoms with Crippen molar-refractivity contribution in [1.29, 1.82) is 0 Å². The number of nitrogens with zero attached hydrogens (tertiary/aromatic N) is 3. The largest absolute Gasteiger partial charge is 0.450 e. The molecule has 0 fully saturated rings. The van der Waals surface area contributed by atoms with Crippen molar-refractivity contribution in [1.82, 2.24) is 14.1 Å². The van der Waals surface area contributed by atoms with E-state index < -0.39 is 40.5 Å². The van der Waals surface area contributed by atoms with Crippen molar-refractivity contribution in [3.05, 3.63) is 78.9 Å². The lowest BCUT2D eigenvalue weighted by atomic mass is 10.1. The number of hydrogen-bond acceptors (Lipinski definition) is 7. The maximum atomic E-state index is 13.0. The fourth-order valence-electron chi connectivity index (χ4n) is 3.57. The van der Waals surface area contributed by atoms with Crippen LogP contribution in [0.1, 0.15) is 18.2 Å². The number of nitrogens with one attached hydrogen (secondary N) is 1. The Hall–Kier alpha value is -4.42. The lowest BCUT2D eigenvalue weighted by Crippen LogP contribution is -2.40.